The van der Waals surface area contributed by atoms with Gasteiger partial charge in [0.05, 0.1) is 0 Å². The highest BCUT2D eigenvalue weighted by Gasteiger charge is 2.37. The Hall–Kier alpha value is -2.38. The minimum absolute atomic E-state index is 0.0467. The molecule has 2 aromatic heterocycles. The number of hydrogen-bond acceptors (Lipinski definition) is 5. The highest BCUT2D eigenvalue weighted by Crippen LogP contribution is 2.44. The van der Waals surface area contributed by atoms with Crippen LogP contribution in [0.15, 0.2) is 41.5 Å². The van der Waals surface area contributed by atoms with Crippen molar-refractivity contribution in [1.82, 2.24) is 9.55 Å². The summed E-state index contributed by atoms with van der Waals surface area (Å²) in [6, 6.07) is 8.11. The van der Waals surface area contributed by atoms with Gasteiger partial charge in [0.25, 0.3) is 5.56 Å². The van der Waals surface area contributed by atoms with Gasteiger partial charge in [-0.2, -0.15) is 0 Å². The van der Waals surface area contributed by atoms with Crippen molar-refractivity contribution >= 4 is 28.5 Å². The number of fused-ring (bicyclic) bond motifs is 1. The molecule has 3 N–H and O–H groups in total. The number of H-pyrrole nitrogens is 1. The molecule has 0 amide bonds. The number of benzene rings is 1. The molecular weight excluding hydrogens is 422 g/mol. The molecule has 172 valence electrons. The molecule has 32 heavy (non-hydrogen) atoms. The van der Waals surface area contributed by atoms with Crippen molar-refractivity contribution in [2.24, 2.45) is 18.9 Å². The highest BCUT2D eigenvalue weighted by molar-refractivity contribution is 7.99. The van der Waals surface area contributed by atoms with E-state index in [-0.39, 0.29) is 17.8 Å². The van der Waals surface area contributed by atoms with Gasteiger partial charge in [-0.3, -0.25) is 4.79 Å². The summed E-state index contributed by atoms with van der Waals surface area (Å²) in [5.74, 6) is 1.82. The third kappa shape index (κ3) is 4.55. The molecule has 0 saturated heterocycles. The first kappa shape index (κ1) is 22.8. The van der Waals surface area contributed by atoms with Crippen molar-refractivity contribution in [3.05, 3.63) is 47.0 Å². The van der Waals surface area contributed by atoms with Crippen LogP contribution in [0.1, 0.15) is 39.5 Å². The van der Waals surface area contributed by atoms with Crippen LogP contribution < -0.4 is 15.0 Å². The van der Waals surface area contributed by atoms with Crippen molar-refractivity contribution in [3.63, 3.8) is 0 Å². The monoisotopic (exact) mass is 455 g/mol. The summed E-state index contributed by atoms with van der Waals surface area (Å²) >= 11 is 1.54. The van der Waals surface area contributed by atoms with Gasteiger partial charge >= 0.3 is 0 Å². The fourth-order valence-electron chi connectivity index (χ4n) is 5.41. The second-order valence-corrected chi connectivity index (χ2v) is 10.0. The third-order valence-electron chi connectivity index (χ3n) is 6.51. The number of nitrogens with zero attached hydrogens (tertiary/aromatic N) is 1. The molecule has 0 radical (unpaired) electrons. The molecule has 7 heteroatoms. The number of anilines is 1. The third-order valence-corrected chi connectivity index (χ3v) is 6.95. The molecule has 0 spiro atoms. The van der Waals surface area contributed by atoms with E-state index in [4.69, 9.17) is 4.74 Å². The molecule has 6 nitrogen and oxygen atoms in total. The van der Waals surface area contributed by atoms with Gasteiger partial charge in [-0.05, 0) is 68.7 Å². The largest absolute Gasteiger partial charge is 0.487 e. The number of aliphatic hydroxyl groups is 1. The van der Waals surface area contributed by atoms with Crippen LogP contribution in [0.2, 0.25) is 0 Å². The first-order valence-electron chi connectivity index (χ1n) is 11.2. The molecule has 1 aliphatic carbocycles. The molecule has 3 aromatic rings. The zero-order chi connectivity index (χ0) is 22.9. The molecule has 4 rings (SSSR count). The molecule has 0 aliphatic heterocycles. The minimum Gasteiger partial charge on any atom is -0.487 e. The van der Waals surface area contributed by atoms with Gasteiger partial charge in [-0.25, -0.2) is 0 Å². The molecular formula is C25H33N3O3S. The maximum absolute atomic E-state index is 12.6. The van der Waals surface area contributed by atoms with Crippen LogP contribution in [-0.2, 0) is 7.05 Å². The van der Waals surface area contributed by atoms with E-state index < -0.39 is 0 Å². The van der Waals surface area contributed by atoms with Gasteiger partial charge in [-0.1, -0.05) is 18.9 Å². The summed E-state index contributed by atoms with van der Waals surface area (Å²) in [5, 5.41) is 10.4. The molecule has 1 aliphatic rings. The maximum atomic E-state index is 12.6. The number of rotatable bonds is 7. The van der Waals surface area contributed by atoms with Gasteiger partial charge < -0.3 is 24.1 Å². The van der Waals surface area contributed by atoms with E-state index in [0.29, 0.717) is 17.4 Å². The number of hydrogen-bond donors (Lipinski definition) is 3. The van der Waals surface area contributed by atoms with Gasteiger partial charge in [-0.15, -0.1) is 0 Å². The zero-order valence-corrected chi connectivity index (χ0v) is 20.1. The van der Waals surface area contributed by atoms with E-state index in [1.165, 1.54) is 0 Å². The molecule has 1 fully saturated rings. The lowest BCUT2D eigenvalue weighted by atomic mass is 9.72. The number of nitrogens with one attached hydrogen (secondary N) is 2. The van der Waals surface area contributed by atoms with Crippen LogP contribution >= 0.6 is 11.9 Å². The predicted molar refractivity (Wildman–Crippen MR) is 133 cm³/mol. The quantitative estimate of drug-likeness (QED) is 0.428. The van der Waals surface area contributed by atoms with E-state index in [0.717, 1.165) is 53.6 Å². The number of aromatic nitrogens is 2. The summed E-state index contributed by atoms with van der Waals surface area (Å²) < 4.78 is 11.7. The molecule has 3 unspecified atom stereocenters. The van der Waals surface area contributed by atoms with E-state index in [2.05, 4.69) is 29.6 Å². The number of pyridine rings is 1. The maximum Gasteiger partial charge on any atom is 0.274 e. The molecule has 0 bridgehead atoms. The number of aliphatic hydroxyl groups excluding tert-OH is 1. The molecule has 1 saturated carbocycles. The van der Waals surface area contributed by atoms with Crippen LogP contribution in [0.5, 0.6) is 5.75 Å². The average Bonchev–Trinajstić information content (AvgIpc) is 3.22. The summed E-state index contributed by atoms with van der Waals surface area (Å²) in [6.07, 6.45) is 9.55. The molecule has 2 heterocycles. The second kappa shape index (κ2) is 9.24. The van der Waals surface area contributed by atoms with Crippen LogP contribution in [0.3, 0.4) is 0 Å². The molecule has 1 aromatic carbocycles. The summed E-state index contributed by atoms with van der Waals surface area (Å²) in [7, 11) is 1.78. The molecule has 3 atom stereocenters. The first-order chi connectivity index (χ1) is 15.3. The topological polar surface area (TPSA) is 79.3 Å². The standard InChI is InChI=1S/C25H33N3O3S/c1-16-11-17(8-10-29)14-25(2,13-16)31-22-6-5-18(27-32-4)12-20(22)21-15-28(3)24(30)23-19(21)7-9-26-23/h5-7,9,12,15-17,26-27,29H,8,10-11,13-14H2,1-4H3. The Morgan fingerprint density at radius 1 is 1.31 bits per heavy atom. The Bertz CT molecular complexity index is 1160. The average molecular weight is 456 g/mol. The van der Waals surface area contributed by atoms with Crippen LogP contribution in [-0.4, -0.2) is 33.1 Å². The van der Waals surface area contributed by atoms with Gasteiger partial charge in [0.2, 0.25) is 0 Å². The summed E-state index contributed by atoms with van der Waals surface area (Å²) in [6.45, 7) is 4.68. The van der Waals surface area contributed by atoms with Crippen molar-refractivity contribution < 1.29 is 9.84 Å². The number of aromatic amines is 1. The van der Waals surface area contributed by atoms with E-state index in [1.54, 1.807) is 23.6 Å². The highest BCUT2D eigenvalue weighted by atomic mass is 32.2. The van der Waals surface area contributed by atoms with Crippen molar-refractivity contribution in [1.29, 1.82) is 0 Å². The van der Waals surface area contributed by atoms with Crippen molar-refractivity contribution in [2.45, 2.75) is 45.1 Å². The lowest BCUT2D eigenvalue weighted by Gasteiger charge is -2.42. The Morgan fingerprint density at radius 3 is 2.88 bits per heavy atom. The lowest BCUT2D eigenvalue weighted by molar-refractivity contribution is -0.000291. The Kier molecular flexibility index (Phi) is 6.58. The first-order valence-corrected chi connectivity index (χ1v) is 12.5. The smallest absolute Gasteiger partial charge is 0.274 e. The second-order valence-electron chi connectivity index (χ2n) is 9.42. The van der Waals surface area contributed by atoms with Crippen molar-refractivity contribution in [3.8, 4) is 16.9 Å². The Labute approximate surface area is 193 Å². The van der Waals surface area contributed by atoms with Crippen LogP contribution in [0.25, 0.3) is 22.0 Å². The number of aryl methyl sites for hydroxylation is 1. The number of ether oxygens (including phenoxy) is 1. The van der Waals surface area contributed by atoms with Gasteiger partial charge in [0.15, 0.2) is 0 Å². The van der Waals surface area contributed by atoms with Crippen molar-refractivity contribution in [2.75, 3.05) is 17.6 Å². The minimum atomic E-state index is -0.307. The Balaban J connectivity index is 1.80. The van der Waals surface area contributed by atoms with E-state index in [9.17, 15) is 9.90 Å². The van der Waals surface area contributed by atoms with E-state index in [1.807, 2.05) is 36.8 Å². The fourth-order valence-corrected chi connectivity index (χ4v) is 5.78. The Morgan fingerprint density at radius 2 is 2.12 bits per heavy atom. The van der Waals surface area contributed by atoms with Gasteiger partial charge in [0.1, 0.15) is 16.9 Å². The fraction of sp³-hybridized carbons (Fsp3) is 0.480. The zero-order valence-electron chi connectivity index (χ0n) is 19.3. The van der Waals surface area contributed by atoms with Crippen LogP contribution in [0.4, 0.5) is 5.69 Å². The van der Waals surface area contributed by atoms with Crippen LogP contribution in [0, 0.1) is 11.8 Å². The normalized spacial score (nSPS) is 23.4. The summed E-state index contributed by atoms with van der Waals surface area (Å²) in [4.78, 5) is 15.7. The SMILES string of the molecule is CSNc1ccc(OC2(C)CC(C)CC(CCO)C2)c(-c2cn(C)c(=O)c3[nH]ccc23)c1. The van der Waals surface area contributed by atoms with Gasteiger partial charge in [0, 0.05) is 54.5 Å². The lowest BCUT2D eigenvalue weighted by Crippen LogP contribution is -2.41. The summed E-state index contributed by atoms with van der Waals surface area (Å²) in [5.41, 5.74) is 3.15. The van der Waals surface area contributed by atoms with E-state index >= 15 is 0 Å². The predicted octanol–water partition coefficient (Wildman–Crippen LogP) is 5.18.